The van der Waals surface area contributed by atoms with Crippen molar-refractivity contribution in [3.05, 3.63) is 352 Å². The van der Waals surface area contributed by atoms with E-state index >= 15 is 0 Å². The van der Waals surface area contributed by atoms with Gasteiger partial charge in [-0.15, -0.1) is 47.2 Å². The molecule has 0 amide bonds. The first-order valence-corrected chi connectivity index (χ1v) is 31.4. The van der Waals surface area contributed by atoms with Crippen molar-refractivity contribution >= 4 is 139 Å². The number of aliphatic hydroxyl groups excluding tert-OH is 1. The van der Waals surface area contributed by atoms with Gasteiger partial charge in [0, 0.05) is 119 Å². The fourth-order valence-electron chi connectivity index (χ4n) is 12.4. The van der Waals surface area contributed by atoms with Crippen molar-refractivity contribution in [3.63, 3.8) is 0 Å². The van der Waals surface area contributed by atoms with Crippen molar-refractivity contribution in [2.24, 2.45) is 0 Å². The minimum Gasteiger partial charge on any atom is -0.512 e. The Balaban J connectivity index is 0.000000157. The van der Waals surface area contributed by atoms with Crippen LogP contribution in [-0.2, 0) is 24.9 Å². The molecule has 16 rings (SSSR count). The van der Waals surface area contributed by atoms with Gasteiger partial charge in [-0.25, -0.2) is 0 Å². The molecule has 2 aromatic heterocycles. The molecule has 1 N–H and O–H groups in total. The minimum atomic E-state index is -0.125. The van der Waals surface area contributed by atoms with Crippen molar-refractivity contribution in [3.8, 4) is 0 Å². The molecule has 16 aromatic rings. The Hall–Kier alpha value is -12.1. The second kappa shape index (κ2) is 28.8. The van der Waals surface area contributed by atoms with Gasteiger partial charge in [0.25, 0.3) is 0 Å². The van der Waals surface area contributed by atoms with E-state index in [1.807, 2.05) is 48.5 Å². The van der Waals surface area contributed by atoms with Gasteiger partial charge in [-0.05, 0) is 168 Å². The summed E-state index contributed by atoms with van der Waals surface area (Å²) < 4.78 is 0. The van der Waals surface area contributed by atoms with Crippen LogP contribution in [0.4, 0.5) is 68.2 Å². The van der Waals surface area contributed by atoms with E-state index < -0.39 is 0 Å². The Kier molecular flexibility index (Phi) is 18.8. The van der Waals surface area contributed by atoms with Crippen LogP contribution in [0, 0.1) is 12.1 Å². The van der Waals surface area contributed by atoms with Crippen molar-refractivity contribution in [1.29, 1.82) is 0 Å². The van der Waals surface area contributed by atoms with E-state index in [1.54, 1.807) is 24.8 Å². The summed E-state index contributed by atoms with van der Waals surface area (Å²) in [5.74, 6) is -0.0625. The molecule has 0 unspecified atom stereocenters. The summed E-state index contributed by atoms with van der Waals surface area (Å²) in [7, 11) is 0. The van der Waals surface area contributed by atoms with Gasteiger partial charge in [-0.1, -0.05) is 168 Å². The maximum Gasteiger partial charge on any atom is 0.155 e. The SMILES string of the molecule is CC(=O)C=C(C)O.[Ir].[c-]1cc(N(c2ccccc2)c2ccccc2)cc2c1c1nccnc1c1ccc(N(c3ccccc3)c3ccccc3)cc21.[c-]1cc(N(c2ccccc2)c2ccccc2)cc2c1c1nccnc1c1ccc(N(c3ccccc3)c3ccccc3)cc21. The Morgan fingerprint density at radius 2 is 0.542 bits per heavy atom. The number of carbonyl (C=O) groups excluding carboxylic acids is 1. The standard InChI is InChI=1S/2C40H27N4.C5H8O2.Ir/c2*1-5-13-29(14-6-1)43(30-15-7-2-8-16-30)33-21-23-35-37(27-33)38-28-34(22-24-36(38)40-39(35)41-25-26-42-40)44(31-17-9-3-10-18-31)32-19-11-4-12-20-32;1-4(6)3-5(2)7;/h2*1-23,25-28H;3,6H,1-2H3;/q2*-1;;. The molecule has 0 fully saturated rings. The zero-order valence-electron chi connectivity index (χ0n) is 52.5. The van der Waals surface area contributed by atoms with E-state index in [2.05, 4.69) is 287 Å². The third-order valence-electron chi connectivity index (χ3n) is 16.4. The zero-order valence-corrected chi connectivity index (χ0v) is 54.9. The van der Waals surface area contributed by atoms with Crippen LogP contribution >= 0.6 is 0 Å². The number of carbonyl (C=O) groups is 1. The monoisotopic (exact) mass is 1420 g/mol. The van der Waals surface area contributed by atoms with Crippen LogP contribution in [-0.4, -0.2) is 30.8 Å². The zero-order chi connectivity index (χ0) is 64.5. The topological polar surface area (TPSA) is 102 Å². The Bertz CT molecular complexity index is 4560. The first-order valence-electron chi connectivity index (χ1n) is 31.4. The van der Waals surface area contributed by atoms with Crippen LogP contribution in [0.3, 0.4) is 0 Å². The average molecular weight is 1420 g/mol. The molecular formula is C85H62IrN8O2-2. The molecule has 0 saturated heterocycles. The van der Waals surface area contributed by atoms with Crippen LogP contribution < -0.4 is 19.6 Å². The van der Waals surface area contributed by atoms with Crippen LogP contribution in [0.15, 0.2) is 340 Å². The van der Waals surface area contributed by atoms with Crippen molar-refractivity contribution in [2.75, 3.05) is 19.6 Å². The normalized spacial score (nSPS) is 11.1. The molecule has 10 nitrogen and oxygen atoms in total. The number of fused-ring (bicyclic) bond motifs is 12. The first-order chi connectivity index (χ1) is 46.8. The first kappa shape index (κ1) is 62.7. The van der Waals surface area contributed by atoms with Gasteiger partial charge < -0.3 is 34.7 Å². The van der Waals surface area contributed by atoms with Crippen LogP contribution in [0.25, 0.3) is 65.2 Å². The van der Waals surface area contributed by atoms with Gasteiger partial charge in [-0.2, -0.15) is 0 Å². The minimum absolute atomic E-state index is 0. The largest absolute Gasteiger partial charge is 0.512 e. The number of rotatable bonds is 13. The molecule has 0 bridgehead atoms. The van der Waals surface area contributed by atoms with E-state index in [-0.39, 0.29) is 31.6 Å². The quantitative estimate of drug-likeness (QED) is 0.0520. The summed E-state index contributed by atoms with van der Waals surface area (Å²) in [4.78, 5) is 38.3. The van der Waals surface area contributed by atoms with E-state index in [1.165, 1.54) is 19.9 Å². The molecule has 0 saturated carbocycles. The van der Waals surface area contributed by atoms with Crippen LogP contribution in [0.5, 0.6) is 0 Å². The third-order valence-corrected chi connectivity index (χ3v) is 16.4. The van der Waals surface area contributed by atoms with Gasteiger partial charge >= 0.3 is 0 Å². The summed E-state index contributed by atoms with van der Waals surface area (Å²) in [5, 5.41) is 16.7. The number of benzene rings is 14. The molecule has 0 aliphatic heterocycles. The molecule has 465 valence electrons. The Morgan fingerprint density at radius 3 is 0.781 bits per heavy atom. The maximum atomic E-state index is 10.0. The fraction of sp³-hybridized carbons (Fsp3) is 0.0235. The van der Waals surface area contributed by atoms with Crippen molar-refractivity contribution in [1.82, 2.24) is 19.9 Å². The number of aromatic nitrogens is 4. The molecule has 96 heavy (non-hydrogen) atoms. The number of para-hydroxylation sites is 8. The molecule has 0 aliphatic rings. The summed E-state index contributed by atoms with van der Waals surface area (Å²) in [6, 6.07) is 113. The molecule has 0 spiro atoms. The molecule has 14 aromatic carbocycles. The molecule has 0 atom stereocenters. The number of hydrogen-bond donors (Lipinski definition) is 1. The molecule has 1 radical (unpaired) electrons. The summed E-state index contributed by atoms with van der Waals surface area (Å²) in [6.07, 6.45) is 8.22. The predicted molar refractivity (Wildman–Crippen MR) is 393 cm³/mol. The van der Waals surface area contributed by atoms with Gasteiger partial charge in [0.2, 0.25) is 0 Å². The van der Waals surface area contributed by atoms with E-state index in [9.17, 15) is 4.79 Å². The molecular weight excluding hydrogens is 1360 g/mol. The summed E-state index contributed by atoms with van der Waals surface area (Å²) in [6.45, 7) is 2.85. The molecule has 2 heterocycles. The van der Waals surface area contributed by atoms with Gasteiger partial charge in [-0.3, -0.25) is 14.8 Å². The van der Waals surface area contributed by atoms with Crippen LogP contribution in [0.2, 0.25) is 0 Å². The second-order valence-corrected chi connectivity index (χ2v) is 22.7. The number of allylic oxidation sites excluding steroid dienone is 2. The second-order valence-electron chi connectivity index (χ2n) is 22.7. The van der Waals surface area contributed by atoms with Crippen LogP contribution in [0.1, 0.15) is 13.8 Å². The number of aliphatic hydroxyl groups is 1. The predicted octanol–water partition coefficient (Wildman–Crippen LogP) is 22.4. The van der Waals surface area contributed by atoms with E-state index in [0.29, 0.717) is 0 Å². The van der Waals surface area contributed by atoms with Gasteiger partial charge in [0.15, 0.2) is 5.78 Å². The average Bonchev–Trinajstić information content (AvgIpc) is 0.742. The number of hydrogen-bond acceptors (Lipinski definition) is 10. The molecule has 11 heteroatoms. The summed E-state index contributed by atoms with van der Waals surface area (Å²) in [5.41, 5.74) is 16.3. The smallest absolute Gasteiger partial charge is 0.155 e. The van der Waals surface area contributed by atoms with Gasteiger partial charge in [0.1, 0.15) is 0 Å². The number of anilines is 12. The fourth-order valence-corrected chi connectivity index (χ4v) is 12.4. The maximum absolute atomic E-state index is 10.0. The Morgan fingerprint density at radius 1 is 0.302 bits per heavy atom. The van der Waals surface area contributed by atoms with Crippen molar-refractivity contribution < 1.29 is 30.0 Å². The number of ketones is 1. The Labute approximate surface area is 571 Å². The van der Waals surface area contributed by atoms with E-state index in [0.717, 1.165) is 133 Å². The molecule has 0 aliphatic carbocycles. The van der Waals surface area contributed by atoms with Gasteiger partial charge in [0.05, 0.1) is 16.8 Å². The van der Waals surface area contributed by atoms with E-state index in [4.69, 9.17) is 25.0 Å². The number of nitrogens with zero attached hydrogens (tertiary/aromatic N) is 8. The third kappa shape index (κ3) is 13.1. The van der Waals surface area contributed by atoms with Crippen molar-refractivity contribution in [2.45, 2.75) is 13.8 Å². The summed E-state index contributed by atoms with van der Waals surface area (Å²) >= 11 is 0.